The highest BCUT2D eigenvalue weighted by molar-refractivity contribution is 6.33. The first-order valence-electron chi connectivity index (χ1n) is 8.35. The number of amides is 2. The van der Waals surface area contributed by atoms with Crippen molar-refractivity contribution in [3.8, 4) is 0 Å². The second-order valence-corrected chi connectivity index (χ2v) is 6.07. The summed E-state index contributed by atoms with van der Waals surface area (Å²) in [5, 5.41) is 9.29. The molecular weight excluding hydrogens is 368 g/mol. The van der Waals surface area contributed by atoms with Crippen LogP contribution in [0.25, 0.3) is 0 Å². The van der Waals surface area contributed by atoms with Gasteiger partial charge in [0.25, 0.3) is 5.91 Å². The van der Waals surface area contributed by atoms with E-state index >= 15 is 0 Å². The van der Waals surface area contributed by atoms with Gasteiger partial charge in [0.1, 0.15) is 5.84 Å². The Hall–Kier alpha value is -3.06. The van der Waals surface area contributed by atoms with E-state index in [1.54, 1.807) is 24.3 Å². The predicted octanol–water partition coefficient (Wildman–Crippen LogP) is 3.16. The number of nitrogens with two attached hydrogens (primary N) is 1. The van der Waals surface area contributed by atoms with Gasteiger partial charge in [-0.1, -0.05) is 47.9 Å². The minimum absolute atomic E-state index is 0.0559. The minimum atomic E-state index is -0.395. The molecule has 2 aromatic carbocycles. The number of hydrogen-bond acceptors (Lipinski definition) is 4. The number of amidine groups is 1. The number of nitrogens with zero attached hydrogens (tertiary/aromatic N) is 1. The number of para-hydroxylation sites is 1. The molecule has 4 N–H and O–H groups in total. The summed E-state index contributed by atoms with van der Waals surface area (Å²) in [6.45, 7) is 1.74. The third kappa shape index (κ3) is 6.99. The Morgan fingerprint density at radius 2 is 1.78 bits per heavy atom. The predicted molar refractivity (Wildman–Crippen MR) is 107 cm³/mol. The Labute approximate surface area is 162 Å². The molecule has 2 rings (SSSR count). The van der Waals surface area contributed by atoms with Crippen molar-refractivity contribution in [2.24, 2.45) is 10.9 Å². The average Bonchev–Trinajstić information content (AvgIpc) is 2.64. The number of hydrogen-bond donors (Lipinski definition) is 3. The molecule has 0 radical (unpaired) electrons. The molecule has 0 aliphatic rings. The largest absolute Gasteiger partial charge is 0.384 e. The first kappa shape index (κ1) is 20.3. The van der Waals surface area contributed by atoms with Gasteiger partial charge in [-0.15, -0.1) is 0 Å². The highest BCUT2D eigenvalue weighted by Crippen LogP contribution is 2.20. The Balaban J connectivity index is 1.75. The van der Waals surface area contributed by atoms with Crippen LogP contribution in [0.3, 0.4) is 0 Å². The fraction of sp³-hybridized carbons (Fsp3) is 0.211. The summed E-state index contributed by atoms with van der Waals surface area (Å²) in [5.41, 5.74) is 7.96. The van der Waals surface area contributed by atoms with E-state index in [0.29, 0.717) is 16.4 Å². The normalized spacial score (nSPS) is 11.0. The zero-order valence-corrected chi connectivity index (χ0v) is 15.6. The molecule has 0 aliphatic carbocycles. The second kappa shape index (κ2) is 10.2. The number of oxime groups is 1. The number of benzene rings is 2. The van der Waals surface area contributed by atoms with Crippen molar-refractivity contribution in [3.05, 3.63) is 59.1 Å². The van der Waals surface area contributed by atoms with Gasteiger partial charge in [0.2, 0.25) is 5.91 Å². The van der Waals surface area contributed by atoms with Crippen molar-refractivity contribution < 1.29 is 14.4 Å². The van der Waals surface area contributed by atoms with Crippen LogP contribution in [0.15, 0.2) is 53.7 Å². The van der Waals surface area contributed by atoms with E-state index < -0.39 is 5.91 Å². The molecule has 142 valence electrons. The Kier molecular flexibility index (Phi) is 7.63. The fourth-order valence-electron chi connectivity index (χ4n) is 2.15. The van der Waals surface area contributed by atoms with Gasteiger partial charge in [-0.05, 0) is 36.2 Å². The van der Waals surface area contributed by atoms with E-state index in [1.165, 1.54) is 5.56 Å². The number of aryl methyl sites for hydroxylation is 1. The van der Waals surface area contributed by atoms with Gasteiger partial charge in [0, 0.05) is 5.69 Å². The van der Waals surface area contributed by atoms with E-state index in [1.807, 2.05) is 24.3 Å². The third-order valence-corrected chi connectivity index (χ3v) is 3.84. The molecular formula is C19H21ClN4O3. The minimum Gasteiger partial charge on any atom is -0.384 e. The fourth-order valence-corrected chi connectivity index (χ4v) is 2.33. The van der Waals surface area contributed by atoms with Crippen molar-refractivity contribution in [1.29, 1.82) is 0 Å². The van der Waals surface area contributed by atoms with Crippen molar-refractivity contribution in [2.75, 3.05) is 17.2 Å². The standard InChI is InChI=1S/C19H21ClN4O3/c1-2-13-7-9-14(10-8-13)22-19(26)12-27-24-17(21)11-18(25)23-16-6-4-3-5-15(16)20/h3-10H,2,11-12H2,1H3,(H2,21,24)(H,22,26)(H,23,25). The lowest BCUT2D eigenvalue weighted by molar-refractivity contribution is -0.120. The summed E-state index contributed by atoms with van der Waals surface area (Å²) >= 11 is 5.96. The summed E-state index contributed by atoms with van der Waals surface area (Å²) < 4.78 is 0. The van der Waals surface area contributed by atoms with Crippen LogP contribution in [-0.4, -0.2) is 24.3 Å². The van der Waals surface area contributed by atoms with Crippen LogP contribution >= 0.6 is 11.6 Å². The lowest BCUT2D eigenvalue weighted by Gasteiger charge is -2.07. The van der Waals surface area contributed by atoms with Gasteiger partial charge in [-0.3, -0.25) is 9.59 Å². The van der Waals surface area contributed by atoms with Crippen LogP contribution in [0, 0.1) is 0 Å². The molecule has 0 aromatic heterocycles. The van der Waals surface area contributed by atoms with Crippen molar-refractivity contribution >= 4 is 40.6 Å². The third-order valence-electron chi connectivity index (χ3n) is 3.51. The Morgan fingerprint density at radius 3 is 2.44 bits per heavy atom. The molecule has 8 heteroatoms. The van der Waals surface area contributed by atoms with Gasteiger partial charge < -0.3 is 21.2 Å². The molecule has 0 unspecified atom stereocenters. The lowest BCUT2D eigenvalue weighted by Crippen LogP contribution is -2.23. The summed E-state index contributed by atoms with van der Waals surface area (Å²) in [5.74, 6) is -0.829. The SMILES string of the molecule is CCc1ccc(NC(=O)CON=C(N)CC(=O)Nc2ccccc2Cl)cc1. The maximum Gasteiger partial charge on any atom is 0.265 e. The van der Waals surface area contributed by atoms with Gasteiger partial charge in [0.15, 0.2) is 6.61 Å². The quantitative estimate of drug-likeness (QED) is 0.367. The monoisotopic (exact) mass is 388 g/mol. The van der Waals surface area contributed by atoms with Crippen LogP contribution in [-0.2, 0) is 20.8 Å². The second-order valence-electron chi connectivity index (χ2n) is 5.66. The smallest absolute Gasteiger partial charge is 0.265 e. The number of anilines is 2. The maximum atomic E-state index is 11.9. The Bertz CT molecular complexity index is 822. The zero-order valence-electron chi connectivity index (χ0n) is 14.9. The number of carbonyl (C=O) groups is 2. The molecule has 0 saturated heterocycles. The number of carbonyl (C=O) groups excluding carboxylic acids is 2. The van der Waals surface area contributed by atoms with Crippen LogP contribution in [0.2, 0.25) is 5.02 Å². The molecule has 0 atom stereocenters. The van der Waals surface area contributed by atoms with Crippen molar-refractivity contribution in [2.45, 2.75) is 19.8 Å². The summed E-state index contributed by atoms with van der Waals surface area (Å²) in [6.07, 6.45) is 0.737. The molecule has 0 bridgehead atoms. The molecule has 7 nitrogen and oxygen atoms in total. The average molecular weight is 389 g/mol. The molecule has 0 saturated carbocycles. The molecule has 0 spiro atoms. The van der Waals surface area contributed by atoms with E-state index in [-0.39, 0.29) is 24.8 Å². The molecule has 2 amide bonds. The first-order chi connectivity index (χ1) is 13.0. The van der Waals surface area contributed by atoms with Crippen molar-refractivity contribution in [3.63, 3.8) is 0 Å². The summed E-state index contributed by atoms with van der Waals surface area (Å²) in [7, 11) is 0. The molecule has 2 aromatic rings. The number of halogens is 1. The summed E-state index contributed by atoms with van der Waals surface area (Å²) in [4.78, 5) is 28.6. The maximum absolute atomic E-state index is 11.9. The number of rotatable bonds is 8. The van der Waals surface area contributed by atoms with E-state index in [9.17, 15) is 9.59 Å². The lowest BCUT2D eigenvalue weighted by atomic mass is 10.1. The van der Waals surface area contributed by atoms with Crippen molar-refractivity contribution in [1.82, 2.24) is 0 Å². The van der Waals surface area contributed by atoms with Gasteiger partial charge in [0.05, 0.1) is 17.1 Å². The molecule has 0 fully saturated rings. The highest BCUT2D eigenvalue weighted by Gasteiger charge is 2.08. The van der Waals surface area contributed by atoms with Crippen LogP contribution in [0.5, 0.6) is 0 Å². The van der Waals surface area contributed by atoms with Gasteiger partial charge in [-0.2, -0.15) is 0 Å². The number of nitrogens with one attached hydrogen (secondary N) is 2. The van der Waals surface area contributed by atoms with E-state index in [2.05, 4.69) is 22.7 Å². The van der Waals surface area contributed by atoms with Gasteiger partial charge >= 0.3 is 0 Å². The zero-order chi connectivity index (χ0) is 19.6. The molecule has 27 heavy (non-hydrogen) atoms. The van der Waals surface area contributed by atoms with Crippen LogP contribution in [0.1, 0.15) is 18.9 Å². The summed E-state index contributed by atoms with van der Waals surface area (Å²) in [6, 6.07) is 14.3. The molecule has 0 aliphatic heterocycles. The topological polar surface area (TPSA) is 106 Å². The first-order valence-corrected chi connectivity index (χ1v) is 8.73. The highest BCUT2D eigenvalue weighted by atomic mass is 35.5. The Morgan fingerprint density at radius 1 is 1.07 bits per heavy atom. The van der Waals surface area contributed by atoms with Crippen LogP contribution in [0.4, 0.5) is 11.4 Å². The van der Waals surface area contributed by atoms with E-state index in [4.69, 9.17) is 22.2 Å². The van der Waals surface area contributed by atoms with Gasteiger partial charge in [-0.25, -0.2) is 0 Å². The van der Waals surface area contributed by atoms with Crippen LogP contribution < -0.4 is 16.4 Å². The van der Waals surface area contributed by atoms with E-state index in [0.717, 1.165) is 6.42 Å². The molecule has 0 heterocycles.